The number of carbonyl (C=O) groups is 1. The van der Waals surface area contributed by atoms with Gasteiger partial charge < -0.3 is 4.74 Å². The third-order valence-corrected chi connectivity index (χ3v) is 5.90. The van der Waals surface area contributed by atoms with Gasteiger partial charge in [0, 0.05) is 10.3 Å². The third kappa shape index (κ3) is 4.38. The zero-order valence-electron chi connectivity index (χ0n) is 14.3. The molecule has 3 rings (SSSR count). The fourth-order valence-corrected chi connectivity index (χ4v) is 4.28. The highest BCUT2D eigenvalue weighted by atomic mass is 32.2. The first-order chi connectivity index (χ1) is 12.2. The summed E-state index contributed by atoms with van der Waals surface area (Å²) in [5.41, 5.74) is 1.16. The first-order valence-corrected chi connectivity index (χ1v) is 10.0. The first-order valence-electron chi connectivity index (χ1n) is 8.32. The van der Waals surface area contributed by atoms with Crippen LogP contribution in [0.1, 0.15) is 26.7 Å². The summed E-state index contributed by atoms with van der Waals surface area (Å²) in [6, 6.07) is 12.3. The molecule has 1 atom stereocenters. The summed E-state index contributed by atoms with van der Waals surface area (Å²) in [7, 11) is 0. The summed E-state index contributed by atoms with van der Waals surface area (Å²) in [5, 5.41) is 1.52. The molecule has 0 saturated carbocycles. The molecule has 1 unspecified atom stereocenters. The average molecular weight is 373 g/mol. The normalized spacial score (nSPS) is 12.2. The summed E-state index contributed by atoms with van der Waals surface area (Å²) in [4.78, 5) is 22.9. The van der Waals surface area contributed by atoms with Crippen molar-refractivity contribution in [2.75, 3.05) is 6.61 Å². The molecule has 1 aromatic carbocycles. The van der Waals surface area contributed by atoms with Crippen LogP contribution in [-0.2, 0) is 9.53 Å². The molecular weight excluding hydrogens is 352 g/mol. The van der Waals surface area contributed by atoms with Gasteiger partial charge in [0.15, 0.2) is 0 Å². The number of ether oxygens (including phenoxy) is 1. The average Bonchev–Trinajstić information content (AvgIpc) is 3.08. The highest BCUT2D eigenvalue weighted by molar-refractivity contribution is 8.00. The minimum Gasteiger partial charge on any atom is -0.465 e. The number of benzene rings is 1. The molecule has 25 heavy (non-hydrogen) atoms. The van der Waals surface area contributed by atoms with Crippen LogP contribution in [-0.4, -0.2) is 27.8 Å². The van der Waals surface area contributed by atoms with Crippen molar-refractivity contribution in [3.8, 4) is 10.4 Å². The second-order valence-electron chi connectivity index (χ2n) is 5.66. The third-order valence-electron chi connectivity index (χ3n) is 3.71. The smallest absolute Gasteiger partial charge is 0.319 e. The largest absolute Gasteiger partial charge is 0.465 e. The highest BCUT2D eigenvalue weighted by Gasteiger charge is 2.19. The zero-order chi connectivity index (χ0) is 17.6. The van der Waals surface area contributed by atoms with E-state index in [1.165, 1.54) is 11.8 Å². The van der Waals surface area contributed by atoms with Gasteiger partial charge >= 0.3 is 5.97 Å². The van der Waals surface area contributed by atoms with Gasteiger partial charge in [-0.15, -0.1) is 11.3 Å². The van der Waals surface area contributed by atoms with E-state index in [1.807, 2.05) is 25.1 Å². The van der Waals surface area contributed by atoms with E-state index in [9.17, 15) is 4.79 Å². The predicted molar refractivity (Wildman–Crippen MR) is 104 cm³/mol. The van der Waals surface area contributed by atoms with Crippen molar-refractivity contribution >= 4 is 39.3 Å². The van der Waals surface area contributed by atoms with E-state index in [1.54, 1.807) is 17.7 Å². The predicted octanol–water partition coefficient (Wildman–Crippen LogP) is 5.18. The summed E-state index contributed by atoms with van der Waals surface area (Å²) >= 11 is 3.06. The number of hydrogen-bond acceptors (Lipinski definition) is 6. The number of carbonyl (C=O) groups excluding carboxylic acids is 1. The van der Waals surface area contributed by atoms with E-state index in [0.29, 0.717) is 6.61 Å². The first kappa shape index (κ1) is 17.9. The molecule has 0 amide bonds. The van der Waals surface area contributed by atoms with Crippen molar-refractivity contribution in [1.82, 2.24) is 9.97 Å². The Hall–Kier alpha value is -1.92. The van der Waals surface area contributed by atoms with Crippen LogP contribution in [0.15, 0.2) is 47.8 Å². The summed E-state index contributed by atoms with van der Waals surface area (Å²) in [6.45, 7) is 4.41. The molecule has 130 valence electrons. The van der Waals surface area contributed by atoms with E-state index in [4.69, 9.17) is 4.74 Å². The molecule has 0 radical (unpaired) electrons. The Bertz CT molecular complexity index is 849. The molecule has 6 heteroatoms. The van der Waals surface area contributed by atoms with Crippen LogP contribution in [0.4, 0.5) is 0 Å². The number of hydrogen-bond donors (Lipinski definition) is 0. The van der Waals surface area contributed by atoms with Crippen molar-refractivity contribution in [2.45, 2.75) is 37.0 Å². The number of thiophene rings is 1. The van der Waals surface area contributed by atoms with Gasteiger partial charge in [-0.3, -0.25) is 4.79 Å². The maximum Gasteiger partial charge on any atom is 0.319 e. The Morgan fingerprint density at radius 3 is 2.84 bits per heavy atom. The van der Waals surface area contributed by atoms with Crippen LogP contribution in [0.5, 0.6) is 0 Å². The second-order valence-corrected chi connectivity index (χ2v) is 8.02. The molecular formula is C19H20N2O2S2. The second kappa shape index (κ2) is 8.45. The van der Waals surface area contributed by atoms with Crippen molar-refractivity contribution in [3.63, 3.8) is 0 Å². The lowest BCUT2D eigenvalue weighted by Crippen LogP contribution is -2.17. The molecule has 2 aromatic heterocycles. The van der Waals surface area contributed by atoms with Gasteiger partial charge in [-0.2, -0.15) is 0 Å². The van der Waals surface area contributed by atoms with Gasteiger partial charge in [0.05, 0.1) is 6.61 Å². The zero-order valence-corrected chi connectivity index (χ0v) is 15.9. The maximum atomic E-state index is 12.1. The van der Waals surface area contributed by atoms with Crippen molar-refractivity contribution in [1.29, 1.82) is 0 Å². The highest BCUT2D eigenvalue weighted by Crippen LogP contribution is 2.37. The van der Waals surface area contributed by atoms with E-state index in [2.05, 4.69) is 35.1 Å². The molecule has 0 aliphatic heterocycles. The molecule has 0 N–H and O–H groups in total. The van der Waals surface area contributed by atoms with Crippen LogP contribution in [0.3, 0.4) is 0 Å². The quantitative estimate of drug-likeness (QED) is 0.247. The molecule has 0 saturated heterocycles. The van der Waals surface area contributed by atoms with E-state index in [0.717, 1.165) is 38.5 Å². The fourth-order valence-electron chi connectivity index (χ4n) is 2.32. The van der Waals surface area contributed by atoms with Gasteiger partial charge in [-0.05, 0) is 25.0 Å². The van der Waals surface area contributed by atoms with Gasteiger partial charge in [-0.1, -0.05) is 55.4 Å². The number of fused-ring (bicyclic) bond motifs is 1. The molecule has 3 aromatic rings. The molecule has 0 aliphatic carbocycles. The van der Waals surface area contributed by atoms with Crippen molar-refractivity contribution in [3.05, 3.63) is 42.7 Å². The van der Waals surface area contributed by atoms with Crippen LogP contribution in [0.25, 0.3) is 20.7 Å². The van der Waals surface area contributed by atoms with Gasteiger partial charge in [-0.25, -0.2) is 9.97 Å². The van der Waals surface area contributed by atoms with Crippen LogP contribution < -0.4 is 0 Å². The van der Waals surface area contributed by atoms with Crippen molar-refractivity contribution in [2.24, 2.45) is 0 Å². The molecule has 4 nitrogen and oxygen atoms in total. The maximum absolute atomic E-state index is 12.1. The van der Waals surface area contributed by atoms with Crippen LogP contribution in [0.2, 0.25) is 0 Å². The number of thioether (sulfide) groups is 1. The number of rotatable bonds is 7. The van der Waals surface area contributed by atoms with Gasteiger partial charge in [0.25, 0.3) is 0 Å². The van der Waals surface area contributed by atoms with E-state index in [-0.39, 0.29) is 11.2 Å². The monoisotopic (exact) mass is 372 g/mol. The Labute approximate surface area is 155 Å². The Morgan fingerprint density at radius 1 is 1.28 bits per heavy atom. The van der Waals surface area contributed by atoms with Crippen LogP contribution in [0, 0.1) is 0 Å². The molecule has 0 aliphatic rings. The lowest BCUT2D eigenvalue weighted by molar-refractivity contribution is -0.142. The number of aromatic nitrogens is 2. The van der Waals surface area contributed by atoms with Crippen molar-refractivity contribution < 1.29 is 9.53 Å². The molecule has 0 bridgehead atoms. The SMILES string of the molecule is CCCCOC(=O)C(C)Sc1ncnc2sc(-c3ccccc3)cc12. The van der Waals surface area contributed by atoms with E-state index < -0.39 is 0 Å². The summed E-state index contributed by atoms with van der Waals surface area (Å²) in [5.74, 6) is -0.191. The number of esters is 1. The molecule has 2 heterocycles. The van der Waals surface area contributed by atoms with Gasteiger partial charge in [0.2, 0.25) is 0 Å². The van der Waals surface area contributed by atoms with Gasteiger partial charge in [0.1, 0.15) is 21.4 Å². The Morgan fingerprint density at radius 2 is 2.08 bits per heavy atom. The fraction of sp³-hybridized carbons (Fsp3) is 0.316. The number of nitrogens with zero attached hydrogens (tertiary/aromatic N) is 2. The minimum atomic E-state index is -0.296. The summed E-state index contributed by atoms with van der Waals surface area (Å²) in [6.07, 6.45) is 3.47. The summed E-state index contributed by atoms with van der Waals surface area (Å²) < 4.78 is 5.30. The molecule has 0 fully saturated rings. The Kier molecular flexibility index (Phi) is 6.04. The topological polar surface area (TPSA) is 52.1 Å². The minimum absolute atomic E-state index is 0.191. The Balaban J connectivity index is 1.80. The van der Waals surface area contributed by atoms with E-state index >= 15 is 0 Å². The van der Waals surface area contributed by atoms with Crippen LogP contribution >= 0.6 is 23.1 Å². The standard InChI is InChI=1S/C19H20N2O2S2/c1-3-4-10-23-19(22)13(2)24-17-15-11-16(14-8-6-5-7-9-14)25-18(15)21-12-20-17/h5-9,11-13H,3-4,10H2,1-2H3. The lowest BCUT2D eigenvalue weighted by atomic mass is 10.2. The molecule has 0 spiro atoms. The lowest BCUT2D eigenvalue weighted by Gasteiger charge is -2.10. The number of unbranched alkanes of at least 4 members (excludes halogenated alkanes) is 1.